The first kappa shape index (κ1) is 30.4. The number of anilines is 1. The second kappa shape index (κ2) is 11.0. The highest BCUT2D eigenvalue weighted by molar-refractivity contribution is 6.11. The van der Waals surface area contributed by atoms with Gasteiger partial charge in [-0.3, -0.25) is 9.59 Å². The summed E-state index contributed by atoms with van der Waals surface area (Å²) in [5, 5.41) is 7.42. The molecule has 3 N–H and O–H groups in total. The first-order valence-corrected chi connectivity index (χ1v) is 12.6. The summed E-state index contributed by atoms with van der Waals surface area (Å²) in [6.45, 7) is 3.47. The van der Waals surface area contributed by atoms with Crippen LogP contribution in [0.25, 0.3) is 33.6 Å². The van der Waals surface area contributed by atoms with Crippen molar-refractivity contribution in [2.45, 2.75) is 38.4 Å². The zero-order chi connectivity index (χ0) is 31.0. The van der Waals surface area contributed by atoms with Gasteiger partial charge in [-0.15, -0.1) is 0 Å². The number of hydrogen-bond acceptors (Lipinski definition) is 5. The molecule has 0 bridgehead atoms. The van der Waals surface area contributed by atoms with Crippen molar-refractivity contribution >= 4 is 28.7 Å². The van der Waals surface area contributed by atoms with Crippen LogP contribution >= 0.6 is 0 Å². The van der Waals surface area contributed by atoms with Crippen molar-refractivity contribution in [3.63, 3.8) is 0 Å². The summed E-state index contributed by atoms with van der Waals surface area (Å²) in [7, 11) is 1.36. The SMILES string of the molecule is CNC(=O)c1c(-c2ccc(F)cc2)oc2nc(NCC(F)(F)C(F)(F)F)c(-c3cccc(C(=O)NC(C)(C)C)c3)cc12. The molecule has 2 aromatic heterocycles. The summed E-state index contributed by atoms with van der Waals surface area (Å²) >= 11 is 0. The average Bonchev–Trinajstić information content (AvgIpc) is 3.28. The summed E-state index contributed by atoms with van der Waals surface area (Å²) in [5.74, 6) is -7.18. The van der Waals surface area contributed by atoms with E-state index in [1.54, 1.807) is 20.8 Å². The Bertz CT molecular complexity index is 1640. The quantitative estimate of drug-likeness (QED) is 0.205. The van der Waals surface area contributed by atoms with Crippen LogP contribution in [0.5, 0.6) is 0 Å². The van der Waals surface area contributed by atoms with Crippen LogP contribution < -0.4 is 16.0 Å². The van der Waals surface area contributed by atoms with Crippen molar-refractivity contribution < 1.29 is 40.3 Å². The van der Waals surface area contributed by atoms with E-state index in [-0.39, 0.29) is 44.7 Å². The van der Waals surface area contributed by atoms with Gasteiger partial charge in [-0.05, 0) is 68.8 Å². The number of alkyl halides is 5. The van der Waals surface area contributed by atoms with E-state index in [0.29, 0.717) is 0 Å². The minimum atomic E-state index is -5.83. The molecule has 0 fully saturated rings. The van der Waals surface area contributed by atoms with Gasteiger partial charge in [0.05, 0.1) is 17.5 Å². The lowest BCUT2D eigenvalue weighted by molar-refractivity contribution is -0.275. The number of carbonyl (C=O) groups excluding carboxylic acids is 2. The third-order valence-corrected chi connectivity index (χ3v) is 6.06. The number of rotatable bonds is 7. The first-order valence-electron chi connectivity index (χ1n) is 12.6. The van der Waals surface area contributed by atoms with E-state index in [0.717, 1.165) is 12.1 Å². The van der Waals surface area contributed by atoms with Gasteiger partial charge in [-0.1, -0.05) is 12.1 Å². The molecule has 2 aromatic carbocycles. The van der Waals surface area contributed by atoms with Crippen LogP contribution in [0.1, 0.15) is 41.5 Å². The molecule has 0 aliphatic rings. The zero-order valence-electron chi connectivity index (χ0n) is 22.8. The number of hydrogen-bond donors (Lipinski definition) is 3. The zero-order valence-corrected chi connectivity index (χ0v) is 22.8. The van der Waals surface area contributed by atoms with Gasteiger partial charge < -0.3 is 20.4 Å². The van der Waals surface area contributed by atoms with Crippen LogP contribution in [0.2, 0.25) is 0 Å². The van der Waals surface area contributed by atoms with E-state index < -0.39 is 47.6 Å². The predicted molar refractivity (Wildman–Crippen MR) is 145 cm³/mol. The number of pyridine rings is 1. The average molecular weight is 593 g/mol. The van der Waals surface area contributed by atoms with Gasteiger partial charge in [0, 0.05) is 29.3 Å². The normalized spacial score (nSPS) is 12.3. The van der Waals surface area contributed by atoms with Gasteiger partial charge in [0.2, 0.25) is 5.71 Å². The van der Waals surface area contributed by atoms with Crippen molar-refractivity contribution in [3.8, 4) is 22.5 Å². The fraction of sp³-hybridized carbons (Fsp3) is 0.276. The maximum atomic E-state index is 13.9. The van der Waals surface area contributed by atoms with Crippen LogP contribution in [0.15, 0.2) is 59.0 Å². The number of nitrogens with zero attached hydrogens (tertiary/aromatic N) is 1. The molecule has 4 aromatic rings. The highest BCUT2D eigenvalue weighted by Gasteiger charge is 2.57. The molecule has 7 nitrogen and oxygen atoms in total. The Morgan fingerprint density at radius 3 is 2.17 bits per heavy atom. The van der Waals surface area contributed by atoms with Gasteiger partial charge in [0.25, 0.3) is 11.8 Å². The molecule has 222 valence electrons. The van der Waals surface area contributed by atoms with Crippen molar-refractivity contribution in [2.24, 2.45) is 0 Å². The molecule has 0 atom stereocenters. The molecule has 0 spiro atoms. The number of amides is 2. The molecule has 4 rings (SSSR count). The number of furan rings is 1. The maximum absolute atomic E-state index is 13.9. The molecule has 2 heterocycles. The Kier molecular flexibility index (Phi) is 7.98. The topological polar surface area (TPSA) is 96.3 Å². The van der Waals surface area contributed by atoms with E-state index in [9.17, 15) is 35.9 Å². The molecule has 42 heavy (non-hydrogen) atoms. The number of fused-ring (bicyclic) bond motifs is 1. The largest absolute Gasteiger partial charge is 0.455 e. The highest BCUT2D eigenvalue weighted by atomic mass is 19.4. The Balaban J connectivity index is 1.94. The van der Waals surface area contributed by atoms with Crippen molar-refractivity contribution in [3.05, 3.63) is 71.5 Å². The van der Waals surface area contributed by atoms with Crippen LogP contribution in [0.3, 0.4) is 0 Å². The molecule has 0 saturated heterocycles. The van der Waals surface area contributed by atoms with E-state index >= 15 is 0 Å². The monoisotopic (exact) mass is 592 g/mol. The predicted octanol–water partition coefficient (Wildman–Crippen LogP) is 6.80. The number of carbonyl (C=O) groups is 2. The van der Waals surface area contributed by atoms with Gasteiger partial charge in [-0.2, -0.15) is 26.9 Å². The fourth-order valence-electron chi connectivity index (χ4n) is 4.07. The Morgan fingerprint density at radius 1 is 0.905 bits per heavy atom. The summed E-state index contributed by atoms with van der Waals surface area (Å²) in [4.78, 5) is 30.0. The summed E-state index contributed by atoms with van der Waals surface area (Å²) in [6.07, 6.45) is -5.83. The first-order chi connectivity index (χ1) is 19.5. The van der Waals surface area contributed by atoms with Crippen LogP contribution in [-0.4, -0.2) is 48.0 Å². The molecule has 13 heteroatoms. The number of benzene rings is 2. The molecule has 0 unspecified atom stereocenters. The van der Waals surface area contributed by atoms with Crippen LogP contribution in [-0.2, 0) is 0 Å². The van der Waals surface area contributed by atoms with Gasteiger partial charge >= 0.3 is 12.1 Å². The lowest BCUT2D eigenvalue weighted by Crippen LogP contribution is -2.42. The number of aromatic nitrogens is 1. The Hall–Kier alpha value is -4.55. The molecular weight excluding hydrogens is 566 g/mol. The third-order valence-electron chi connectivity index (χ3n) is 6.06. The molecule has 2 amide bonds. The standard InChI is InChI=1S/C29H26F6N4O3/c1-27(2,3)39-24(40)17-7-5-6-16(12-17)19-13-20-21(25(41)36-4)22(15-8-10-18(30)11-9-15)42-26(20)38-23(19)37-14-28(31,32)29(33,34)35/h5-13H,14H2,1-4H3,(H,36,41)(H,37,38)(H,39,40). The fourth-order valence-corrected chi connectivity index (χ4v) is 4.07. The number of halogens is 6. The van der Waals surface area contributed by atoms with E-state index in [1.807, 2.05) is 0 Å². The molecule has 0 aliphatic carbocycles. The molecule has 0 saturated carbocycles. The summed E-state index contributed by atoms with van der Waals surface area (Å²) in [5.41, 5.74) is -0.149. The van der Waals surface area contributed by atoms with E-state index in [2.05, 4.69) is 20.9 Å². The van der Waals surface area contributed by atoms with Crippen molar-refractivity contribution in [1.82, 2.24) is 15.6 Å². The molecular formula is C29H26F6N4O3. The van der Waals surface area contributed by atoms with Crippen molar-refractivity contribution in [1.29, 1.82) is 0 Å². The maximum Gasteiger partial charge on any atom is 0.455 e. The Labute approximate surface area is 236 Å². The lowest BCUT2D eigenvalue weighted by Gasteiger charge is -2.21. The minimum absolute atomic E-state index is 0.0162. The van der Waals surface area contributed by atoms with Crippen LogP contribution in [0, 0.1) is 5.82 Å². The third kappa shape index (κ3) is 6.34. The number of nitrogens with one attached hydrogen (secondary N) is 3. The van der Waals surface area contributed by atoms with Crippen molar-refractivity contribution in [2.75, 3.05) is 18.9 Å². The smallest absolute Gasteiger partial charge is 0.437 e. The second-order valence-electron chi connectivity index (χ2n) is 10.5. The van der Waals surface area contributed by atoms with Gasteiger partial charge in [0.1, 0.15) is 17.4 Å². The lowest BCUT2D eigenvalue weighted by atomic mass is 9.99. The Morgan fingerprint density at radius 2 is 1.57 bits per heavy atom. The van der Waals surface area contributed by atoms with E-state index in [4.69, 9.17) is 4.42 Å². The summed E-state index contributed by atoms with van der Waals surface area (Å²) in [6, 6.07) is 12.2. The van der Waals surface area contributed by atoms with Crippen LogP contribution in [0.4, 0.5) is 32.2 Å². The summed E-state index contributed by atoms with van der Waals surface area (Å²) < 4.78 is 86.0. The minimum Gasteiger partial charge on any atom is -0.437 e. The second-order valence-corrected chi connectivity index (χ2v) is 10.5. The van der Waals surface area contributed by atoms with Gasteiger partial charge in [0.15, 0.2) is 0 Å². The molecule has 0 aliphatic heterocycles. The van der Waals surface area contributed by atoms with E-state index in [1.165, 1.54) is 49.5 Å². The highest BCUT2D eigenvalue weighted by Crippen LogP contribution is 2.40. The van der Waals surface area contributed by atoms with Gasteiger partial charge in [-0.25, -0.2) is 4.39 Å². The molecule has 0 radical (unpaired) electrons.